The lowest BCUT2D eigenvalue weighted by molar-refractivity contribution is 0.414. The van der Waals surface area contributed by atoms with Crippen molar-refractivity contribution in [3.05, 3.63) is 53.3 Å². The lowest BCUT2D eigenvalue weighted by atomic mass is 10.1. The van der Waals surface area contributed by atoms with Gasteiger partial charge in [-0.25, -0.2) is 0 Å². The number of benzene rings is 1. The number of nitrogens with zero attached hydrogens (tertiary/aromatic N) is 1. The minimum absolute atomic E-state index is 0.149. The Hall–Kier alpha value is -2.07. The second-order valence-corrected chi connectivity index (χ2v) is 4.03. The molecule has 0 saturated carbocycles. The molecule has 0 spiro atoms. The van der Waals surface area contributed by atoms with Crippen LogP contribution >= 0.6 is 0 Å². The summed E-state index contributed by atoms with van der Waals surface area (Å²) >= 11 is 0. The van der Waals surface area contributed by atoms with Crippen LogP contribution < -0.4 is 10.5 Å². The lowest BCUT2D eigenvalue weighted by Gasteiger charge is -2.06. The van der Waals surface area contributed by atoms with Gasteiger partial charge in [-0.1, -0.05) is 12.1 Å². The van der Waals surface area contributed by atoms with E-state index in [-0.39, 0.29) is 5.75 Å². The van der Waals surface area contributed by atoms with Crippen LogP contribution in [0.3, 0.4) is 0 Å². The van der Waals surface area contributed by atoms with Crippen LogP contribution in [-0.2, 0) is 13.0 Å². The van der Waals surface area contributed by atoms with Crippen LogP contribution in [0, 0.1) is 0 Å². The Labute approximate surface area is 106 Å². The quantitative estimate of drug-likeness (QED) is 0.861. The standard InChI is InChI=1S/C14H16N2O2/c1-18-13-4-2-10(3-5-13)6-12-7-11(8-15)14(17)9-16-12/h2-5,7,9,17H,6,8,15H2,1H3. The van der Waals surface area contributed by atoms with Crippen molar-refractivity contribution in [1.29, 1.82) is 0 Å². The van der Waals surface area contributed by atoms with Gasteiger partial charge < -0.3 is 15.6 Å². The molecule has 3 N–H and O–H groups in total. The van der Waals surface area contributed by atoms with Crippen molar-refractivity contribution in [2.24, 2.45) is 5.73 Å². The maximum Gasteiger partial charge on any atom is 0.138 e. The smallest absolute Gasteiger partial charge is 0.138 e. The molecule has 0 atom stereocenters. The molecule has 0 aliphatic carbocycles. The predicted octanol–water partition coefficient (Wildman–Crippen LogP) is 1.85. The van der Waals surface area contributed by atoms with E-state index in [0.717, 1.165) is 17.0 Å². The number of hydrogen-bond donors (Lipinski definition) is 2. The predicted molar refractivity (Wildman–Crippen MR) is 69.6 cm³/mol. The number of methoxy groups -OCH3 is 1. The highest BCUT2D eigenvalue weighted by molar-refractivity contribution is 5.34. The summed E-state index contributed by atoms with van der Waals surface area (Å²) in [6.45, 7) is 0.309. The second-order valence-electron chi connectivity index (χ2n) is 4.03. The van der Waals surface area contributed by atoms with E-state index in [1.807, 2.05) is 30.3 Å². The number of ether oxygens (including phenoxy) is 1. The molecule has 0 saturated heterocycles. The fourth-order valence-corrected chi connectivity index (χ4v) is 1.75. The van der Waals surface area contributed by atoms with Gasteiger partial charge in [0.15, 0.2) is 0 Å². The molecule has 18 heavy (non-hydrogen) atoms. The van der Waals surface area contributed by atoms with Crippen molar-refractivity contribution >= 4 is 0 Å². The summed E-state index contributed by atoms with van der Waals surface area (Å²) in [4.78, 5) is 4.19. The highest BCUT2D eigenvalue weighted by atomic mass is 16.5. The minimum Gasteiger partial charge on any atom is -0.506 e. The summed E-state index contributed by atoms with van der Waals surface area (Å²) in [5.41, 5.74) is 8.29. The zero-order valence-corrected chi connectivity index (χ0v) is 10.3. The maximum absolute atomic E-state index is 9.51. The third-order valence-electron chi connectivity index (χ3n) is 2.79. The summed E-state index contributed by atoms with van der Waals surface area (Å²) < 4.78 is 5.11. The van der Waals surface area contributed by atoms with Crippen LogP contribution in [0.1, 0.15) is 16.8 Å². The third kappa shape index (κ3) is 2.78. The summed E-state index contributed by atoms with van der Waals surface area (Å²) in [6, 6.07) is 9.66. The number of hydrogen-bond acceptors (Lipinski definition) is 4. The van der Waals surface area contributed by atoms with Crippen LogP contribution in [0.4, 0.5) is 0 Å². The molecule has 1 aromatic carbocycles. The zero-order chi connectivity index (χ0) is 13.0. The van der Waals surface area contributed by atoms with Gasteiger partial charge in [0.2, 0.25) is 0 Å². The van der Waals surface area contributed by atoms with E-state index in [1.165, 1.54) is 6.20 Å². The second kappa shape index (κ2) is 5.51. The number of rotatable bonds is 4. The first-order chi connectivity index (χ1) is 8.72. The molecule has 0 aliphatic heterocycles. The number of nitrogens with two attached hydrogens (primary N) is 1. The highest BCUT2D eigenvalue weighted by Crippen LogP contribution is 2.18. The molecule has 2 aromatic rings. The Kier molecular flexibility index (Phi) is 3.79. The fourth-order valence-electron chi connectivity index (χ4n) is 1.75. The van der Waals surface area contributed by atoms with Crippen molar-refractivity contribution in [3.8, 4) is 11.5 Å². The molecule has 0 amide bonds. The monoisotopic (exact) mass is 244 g/mol. The Morgan fingerprint density at radius 1 is 1.28 bits per heavy atom. The molecule has 0 bridgehead atoms. The highest BCUT2D eigenvalue weighted by Gasteiger charge is 2.04. The van der Waals surface area contributed by atoms with Crippen molar-refractivity contribution in [2.45, 2.75) is 13.0 Å². The Balaban J connectivity index is 2.17. The molecule has 2 rings (SSSR count). The first kappa shape index (κ1) is 12.4. The Morgan fingerprint density at radius 2 is 2.00 bits per heavy atom. The molecule has 4 heteroatoms. The first-order valence-electron chi connectivity index (χ1n) is 5.72. The molecule has 4 nitrogen and oxygen atoms in total. The van der Waals surface area contributed by atoms with Crippen LogP contribution in [0.2, 0.25) is 0 Å². The lowest BCUT2D eigenvalue weighted by Crippen LogP contribution is -2.00. The van der Waals surface area contributed by atoms with Crippen LogP contribution in [0.15, 0.2) is 36.5 Å². The van der Waals surface area contributed by atoms with E-state index < -0.39 is 0 Å². The SMILES string of the molecule is COc1ccc(Cc2cc(CN)c(O)cn2)cc1. The molecule has 94 valence electrons. The van der Waals surface area contributed by atoms with Gasteiger partial charge in [-0.2, -0.15) is 0 Å². The summed E-state index contributed by atoms with van der Waals surface area (Å²) in [7, 11) is 1.64. The molecular weight excluding hydrogens is 228 g/mol. The summed E-state index contributed by atoms with van der Waals surface area (Å²) in [5.74, 6) is 0.982. The molecule has 0 radical (unpaired) electrons. The molecular formula is C14H16N2O2. The van der Waals surface area contributed by atoms with E-state index in [2.05, 4.69) is 4.98 Å². The number of aromatic hydroxyl groups is 1. The summed E-state index contributed by atoms with van der Waals surface area (Å²) in [6.07, 6.45) is 2.15. The Bertz CT molecular complexity index is 524. The molecule has 1 aromatic heterocycles. The van der Waals surface area contributed by atoms with E-state index >= 15 is 0 Å². The van der Waals surface area contributed by atoms with Crippen molar-refractivity contribution < 1.29 is 9.84 Å². The molecule has 1 heterocycles. The average Bonchev–Trinajstić information content (AvgIpc) is 2.42. The van der Waals surface area contributed by atoms with Gasteiger partial charge in [-0.15, -0.1) is 0 Å². The average molecular weight is 244 g/mol. The van der Waals surface area contributed by atoms with Crippen LogP contribution in [0.5, 0.6) is 11.5 Å². The topological polar surface area (TPSA) is 68.4 Å². The minimum atomic E-state index is 0.149. The van der Waals surface area contributed by atoms with E-state index in [1.54, 1.807) is 7.11 Å². The third-order valence-corrected chi connectivity index (χ3v) is 2.79. The van der Waals surface area contributed by atoms with Gasteiger partial charge >= 0.3 is 0 Å². The zero-order valence-electron chi connectivity index (χ0n) is 10.3. The van der Waals surface area contributed by atoms with Crippen molar-refractivity contribution in [3.63, 3.8) is 0 Å². The molecule has 0 unspecified atom stereocenters. The van der Waals surface area contributed by atoms with Gasteiger partial charge in [0, 0.05) is 24.2 Å². The fraction of sp³-hybridized carbons (Fsp3) is 0.214. The Morgan fingerprint density at radius 3 is 2.61 bits per heavy atom. The van der Waals surface area contributed by atoms with Crippen LogP contribution in [0.25, 0.3) is 0 Å². The normalized spacial score (nSPS) is 10.3. The van der Waals surface area contributed by atoms with E-state index in [9.17, 15) is 5.11 Å². The van der Waals surface area contributed by atoms with Gasteiger partial charge in [0.25, 0.3) is 0 Å². The van der Waals surface area contributed by atoms with Crippen molar-refractivity contribution in [2.75, 3.05) is 7.11 Å². The van der Waals surface area contributed by atoms with Crippen molar-refractivity contribution in [1.82, 2.24) is 4.98 Å². The van der Waals surface area contributed by atoms with Crippen LogP contribution in [-0.4, -0.2) is 17.2 Å². The van der Waals surface area contributed by atoms with Gasteiger partial charge in [-0.3, -0.25) is 4.98 Å². The van der Waals surface area contributed by atoms with Gasteiger partial charge in [-0.05, 0) is 23.8 Å². The van der Waals surface area contributed by atoms with E-state index in [0.29, 0.717) is 18.5 Å². The molecule has 0 fully saturated rings. The number of pyridine rings is 1. The maximum atomic E-state index is 9.51. The first-order valence-corrected chi connectivity index (χ1v) is 5.72. The number of aromatic nitrogens is 1. The van der Waals surface area contributed by atoms with E-state index in [4.69, 9.17) is 10.5 Å². The summed E-state index contributed by atoms with van der Waals surface area (Å²) in [5, 5.41) is 9.51. The van der Waals surface area contributed by atoms with Gasteiger partial charge in [0.05, 0.1) is 13.3 Å². The van der Waals surface area contributed by atoms with Gasteiger partial charge in [0.1, 0.15) is 11.5 Å². The molecule has 0 aliphatic rings. The largest absolute Gasteiger partial charge is 0.506 e.